The predicted molar refractivity (Wildman–Crippen MR) is 93.1 cm³/mol. The number of amides is 1. The van der Waals surface area contributed by atoms with Crippen LogP contribution in [0.1, 0.15) is 11.4 Å². The van der Waals surface area contributed by atoms with Gasteiger partial charge in [-0.1, -0.05) is 41.4 Å². The van der Waals surface area contributed by atoms with E-state index in [1.54, 1.807) is 0 Å². The minimum Gasteiger partial charge on any atom is -0.358 e. The van der Waals surface area contributed by atoms with Gasteiger partial charge in [0.25, 0.3) is 0 Å². The number of carbonyl (C=O) groups is 1. The number of nitrogens with zero attached hydrogens (tertiary/aromatic N) is 2. The number of fused-ring (bicyclic) bond motifs is 1. The molecule has 0 saturated heterocycles. The number of carbonyl (C=O) groups excluding carboxylic acids is 1. The Morgan fingerprint density at radius 1 is 1.09 bits per heavy atom. The van der Waals surface area contributed by atoms with Crippen molar-refractivity contribution in [1.29, 1.82) is 0 Å². The van der Waals surface area contributed by atoms with Crippen LogP contribution in [-0.4, -0.2) is 22.5 Å². The van der Waals surface area contributed by atoms with Gasteiger partial charge < -0.3 is 9.88 Å². The van der Waals surface area contributed by atoms with Crippen LogP contribution in [0, 0.1) is 0 Å². The highest BCUT2D eigenvalue weighted by atomic mass is 35.5. The molecular weight excluding hydrogens is 333 g/mol. The van der Waals surface area contributed by atoms with Crippen LogP contribution in [0.4, 0.5) is 0 Å². The summed E-state index contributed by atoms with van der Waals surface area (Å²) in [5, 5.41) is 3.93. The van der Waals surface area contributed by atoms with Crippen LogP contribution in [0.5, 0.6) is 0 Å². The van der Waals surface area contributed by atoms with Gasteiger partial charge in [0, 0.05) is 28.6 Å². The number of para-hydroxylation sites is 2. The normalized spacial score (nSPS) is 10.9. The third kappa shape index (κ3) is 3.33. The Labute approximate surface area is 144 Å². The second kappa shape index (κ2) is 7.02. The summed E-state index contributed by atoms with van der Waals surface area (Å²) in [5.41, 5.74) is 2.80. The summed E-state index contributed by atoms with van der Waals surface area (Å²) >= 11 is 12.6. The Hall–Kier alpha value is -2.04. The Morgan fingerprint density at radius 2 is 1.83 bits per heavy atom. The molecule has 0 radical (unpaired) electrons. The molecule has 1 heterocycles. The van der Waals surface area contributed by atoms with E-state index in [-0.39, 0.29) is 0 Å². The van der Waals surface area contributed by atoms with Gasteiger partial charge in [0.15, 0.2) is 0 Å². The Bertz CT molecular complexity index is 825. The zero-order valence-corrected chi connectivity index (χ0v) is 13.8. The van der Waals surface area contributed by atoms with Crippen molar-refractivity contribution in [2.24, 2.45) is 0 Å². The molecule has 118 valence electrons. The SMILES string of the molecule is O=CNCCc1nc2ccccc2n1Cc1c(Cl)cccc1Cl. The summed E-state index contributed by atoms with van der Waals surface area (Å²) in [7, 11) is 0. The molecule has 0 unspecified atom stereocenters. The molecule has 3 rings (SSSR count). The molecule has 0 spiro atoms. The van der Waals surface area contributed by atoms with Gasteiger partial charge in [0.05, 0.1) is 17.6 Å². The van der Waals surface area contributed by atoms with Gasteiger partial charge in [-0.15, -0.1) is 0 Å². The second-order valence-corrected chi connectivity index (χ2v) is 5.94. The molecule has 0 fully saturated rings. The topological polar surface area (TPSA) is 46.9 Å². The van der Waals surface area contributed by atoms with Crippen molar-refractivity contribution >= 4 is 40.6 Å². The number of hydrogen-bond donors (Lipinski definition) is 1. The quantitative estimate of drug-likeness (QED) is 0.546. The fourth-order valence-electron chi connectivity index (χ4n) is 2.58. The highest BCUT2D eigenvalue weighted by Gasteiger charge is 2.13. The van der Waals surface area contributed by atoms with E-state index in [4.69, 9.17) is 23.2 Å². The molecule has 0 saturated carbocycles. The lowest BCUT2D eigenvalue weighted by atomic mass is 10.2. The first-order valence-corrected chi connectivity index (χ1v) is 8.00. The molecule has 1 N–H and O–H groups in total. The number of benzene rings is 2. The number of imidazole rings is 1. The Balaban J connectivity index is 2.03. The third-order valence-corrected chi connectivity index (χ3v) is 4.40. The van der Waals surface area contributed by atoms with Gasteiger partial charge in [-0.3, -0.25) is 4.79 Å². The zero-order chi connectivity index (χ0) is 16.2. The zero-order valence-electron chi connectivity index (χ0n) is 12.3. The largest absolute Gasteiger partial charge is 0.358 e. The van der Waals surface area contributed by atoms with Crippen LogP contribution < -0.4 is 5.32 Å². The monoisotopic (exact) mass is 347 g/mol. The minimum absolute atomic E-state index is 0.531. The number of hydrogen-bond acceptors (Lipinski definition) is 2. The van der Waals surface area contributed by atoms with Crippen molar-refractivity contribution in [2.45, 2.75) is 13.0 Å². The van der Waals surface area contributed by atoms with Crippen LogP contribution in [0.25, 0.3) is 11.0 Å². The summed E-state index contributed by atoms with van der Waals surface area (Å²) < 4.78 is 2.09. The number of aromatic nitrogens is 2. The number of nitrogens with one attached hydrogen (secondary N) is 1. The summed E-state index contributed by atoms with van der Waals surface area (Å²) in [4.78, 5) is 15.1. The summed E-state index contributed by atoms with van der Waals surface area (Å²) in [6.07, 6.45) is 1.33. The second-order valence-electron chi connectivity index (χ2n) is 5.13. The lowest BCUT2D eigenvalue weighted by molar-refractivity contribution is -0.109. The molecule has 0 aliphatic carbocycles. The molecule has 0 aliphatic rings. The molecule has 2 aromatic carbocycles. The highest BCUT2D eigenvalue weighted by Crippen LogP contribution is 2.27. The van der Waals surface area contributed by atoms with E-state index >= 15 is 0 Å². The van der Waals surface area contributed by atoms with Crippen LogP contribution in [0.15, 0.2) is 42.5 Å². The summed E-state index contributed by atoms with van der Waals surface area (Å²) in [6, 6.07) is 13.4. The van der Waals surface area contributed by atoms with Crippen LogP contribution in [0.3, 0.4) is 0 Å². The molecule has 23 heavy (non-hydrogen) atoms. The standard InChI is InChI=1S/C17H15Cl2N3O/c18-13-4-3-5-14(19)12(13)10-22-16-7-2-1-6-15(16)21-17(22)8-9-20-11-23/h1-7,11H,8-10H2,(H,20,23). The lowest BCUT2D eigenvalue weighted by Crippen LogP contribution is -2.17. The number of rotatable bonds is 6. The van der Waals surface area contributed by atoms with Crippen molar-refractivity contribution < 1.29 is 4.79 Å². The average molecular weight is 348 g/mol. The smallest absolute Gasteiger partial charge is 0.207 e. The van der Waals surface area contributed by atoms with E-state index in [1.165, 1.54) is 0 Å². The summed E-state index contributed by atoms with van der Waals surface area (Å²) in [6.45, 7) is 1.07. The first-order chi connectivity index (χ1) is 11.2. The fraction of sp³-hybridized carbons (Fsp3) is 0.176. The van der Waals surface area contributed by atoms with Gasteiger partial charge in [0.2, 0.25) is 6.41 Å². The minimum atomic E-state index is 0.531. The molecule has 4 nitrogen and oxygen atoms in total. The van der Waals surface area contributed by atoms with Crippen molar-refractivity contribution in [3.05, 3.63) is 63.9 Å². The van der Waals surface area contributed by atoms with Gasteiger partial charge in [0.1, 0.15) is 5.82 Å². The number of halogens is 2. The molecule has 1 amide bonds. The maximum absolute atomic E-state index is 10.5. The van der Waals surface area contributed by atoms with Crippen molar-refractivity contribution in [2.75, 3.05) is 6.54 Å². The van der Waals surface area contributed by atoms with E-state index < -0.39 is 0 Å². The maximum Gasteiger partial charge on any atom is 0.207 e. The van der Waals surface area contributed by atoms with Crippen molar-refractivity contribution in [3.63, 3.8) is 0 Å². The third-order valence-electron chi connectivity index (χ3n) is 3.69. The fourth-order valence-corrected chi connectivity index (χ4v) is 3.09. The van der Waals surface area contributed by atoms with E-state index in [9.17, 15) is 4.79 Å². The van der Waals surface area contributed by atoms with E-state index in [0.29, 0.717) is 36.0 Å². The van der Waals surface area contributed by atoms with Gasteiger partial charge in [-0.25, -0.2) is 4.98 Å². The van der Waals surface area contributed by atoms with E-state index in [1.807, 2.05) is 42.5 Å². The highest BCUT2D eigenvalue weighted by molar-refractivity contribution is 6.36. The summed E-state index contributed by atoms with van der Waals surface area (Å²) in [5.74, 6) is 0.886. The Kier molecular flexibility index (Phi) is 4.84. The van der Waals surface area contributed by atoms with Gasteiger partial charge in [-0.2, -0.15) is 0 Å². The average Bonchev–Trinajstić information content (AvgIpc) is 2.89. The van der Waals surface area contributed by atoms with Gasteiger partial charge >= 0.3 is 0 Å². The maximum atomic E-state index is 10.5. The van der Waals surface area contributed by atoms with Crippen molar-refractivity contribution in [3.8, 4) is 0 Å². The first-order valence-electron chi connectivity index (χ1n) is 7.25. The molecule has 0 aliphatic heterocycles. The molecule has 0 bridgehead atoms. The first kappa shape index (κ1) is 15.8. The van der Waals surface area contributed by atoms with Crippen LogP contribution in [-0.2, 0) is 17.8 Å². The van der Waals surface area contributed by atoms with Gasteiger partial charge in [-0.05, 0) is 24.3 Å². The molecule has 1 aromatic heterocycles. The van der Waals surface area contributed by atoms with E-state index in [2.05, 4.69) is 14.9 Å². The molecule has 6 heteroatoms. The Morgan fingerprint density at radius 3 is 2.57 bits per heavy atom. The molecular formula is C17H15Cl2N3O. The van der Waals surface area contributed by atoms with E-state index in [0.717, 1.165) is 22.4 Å². The molecule has 3 aromatic rings. The molecule has 0 atom stereocenters. The van der Waals surface area contributed by atoms with Crippen LogP contribution in [0.2, 0.25) is 10.0 Å². The van der Waals surface area contributed by atoms with Crippen molar-refractivity contribution in [1.82, 2.24) is 14.9 Å². The predicted octanol–water partition coefficient (Wildman–Crippen LogP) is 3.68. The van der Waals surface area contributed by atoms with Crippen LogP contribution >= 0.6 is 23.2 Å². The lowest BCUT2D eigenvalue weighted by Gasteiger charge is -2.12.